The van der Waals surface area contributed by atoms with E-state index < -0.39 is 53.5 Å². The van der Waals surface area contributed by atoms with Crippen LogP contribution in [0.15, 0.2) is 11.2 Å². The third-order valence-electron chi connectivity index (χ3n) is 9.29. The zero-order valence-electron chi connectivity index (χ0n) is 22.9. The van der Waals surface area contributed by atoms with Gasteiger partial charge in [-0.1, -0.05) is 19.8 Å². The van der Waals surface area contributed by atoms with Crippen molar-refractivity contribution in [2.45, 2.75) is 115 Å². The molecule has 1 saturated carbocycles. The summed E-state index contributed by atoms with van der Waals surface area (Å²) < 4.78 is 32.4. The Labute approximate surface area is 232 Å². The molecule has 39 heavy (non-hydrogen) atoms. The summed E-state index contributed by atoms with van der Waals surface area (Å²) >= 11 is 1.40. The largest absolute Gasteiger partial charge is 0.455 e. The van der Waals surface area contributed by atoms with Gasteiger partial charge in [-0.05, 0) is 57.9 Å². The highest BCUT2D eigenvalue weighted by Crippen LogP contribution is 2.50. The number of aliphatic hydroxyl groups is 2. The third-order valence-corrected chi connectivity index (χ3v) is 10.1. The molecule has 1 spiro atoms. The van der Waals surface area contributed by atoms with Crippen LogP contribution < -0.4 is 0 Å². The standard InChI is InChI=1S/C29H40FNO7S/c1-16-6-4-7-28(3)24(38-28)12-22(21(30)10-18-15-39-17(2)31-18)37-25(33)13-23(32)29(8-5-9-29)27(35)20(26(16)34)11-19-14-36-19/h10,15-16,19-20,22-24,26,32,34H,4-9,11-14H2,1-3H3/t16-,19?,20+,22-,23-,24-,26+,28?/m0/s1. The monoisotopic (exact) mass is 565 g/mol. The number of epoxide rings is 2. The maximum atomic E-state index is 15.5. The Kier molecular flexibility index (Phi) is 8.33. The van der Waals surface area contributed by atoms with E-state index in [1.807, 2.05) is 20.8 Å². The molecular weight excluding hydrogens is 525 g/mol. The Bertz CT molecular complexity index is 1100. The summed E-state index contributed by atoms with van der Waals surface area (Å²) in [5.74, 6) is -2.41. The first-order valence-electron chi connectivity index (χ1n) is 14.2. The molecule has 0 amide bonds. The normalized spacial score (nSPS) is 39.5. The Balaban J connectivity index is 1.40. The SMILES string of the molecule is Cc1nc(C=C(F)[C@@H]2C[C@@H]3OC3(C)CCC[C@H](C)[C@@H](O)[C@@H](CC3CO3)C(=O)C3(CCC3)[C@@H](O)CC(=O)O2)cs1. The maximum Gasteiger partial charge on any atom is 0.309 e. The van der Waals surface area contributed by atoms with E-state index >= 15 is 4.39 Å². The summed E-state index contributed by atoms with van der Waals surface area (Å²) in [4.78, 5) is 31.3. The number of hydrogen-bond donors (Lipinski definition) is 2. The van der Waals surface area contributed by atoms with Crippen LogP contribution in [0.4, 0.5) is 4.39 Å². The van der Waals surface area contributed by atoms with Gasteiger partial charge in [-0.2, -0.15) is 0 Å². The van der Waals surface area contributed by atoms with Crippen LogP contribution in [0.2, 0.25) is 0 Å². The summed E-state index contributed by atoms with van der Waals surface area (Å²) in [7, 11) is 0. The molecule has 216 valence electrons. The van der Waals surface area contributed by atoms with Crippen LogP contribution in [0.1, 0.15) is 82.3 Å². The van der Waals surface area contributed by atoms with Gasteiger partial charge < -0.3 is 24.4 Å². The molecule has 8 nitrogen and oxygen atoms in total. The number of esters is 1. The number of carbonyl (C=O) groups is 2. The van der Waals surface area contributed by atoms with Gasteiger partial charge in [0.1, 0.15) is 11.6 Å². The van der Waals surface area contributed by atoms with E-state index in [9.17, 15) is 19.8 Å². The molecule has 8 atom stereocenters. The van der Waals surface area contributed by atoms with Crippen LogP contribution in [0.25, 0.3) is 6.08 Å². The number of aromatic nitrogens is 1. The molecule has 10 heteroatoms. The van der Waals surface area contributed by atoms with Gasteiger partial charge in [-0.3, -0.25) is 9.59 Å². The van der Waals surface area contributed by atoms with Crippen LogP contribution in [-0.2, 0) is 23.8 Å². The number of ketones is 1. The average molecular weight is 566 g/mol. The maximum absolute atomic E-state index is 15.5. The molecule has 4 aliphatic rings. The molecule has 0 aromatic carbocycles. The lowest BCUT2D eigenvalue weighted by atomic mass is 9.58. The summed E-state index contributed by atoms with van der Waals surface area (Å²) in [5, 5.41) is 25.1. The fourth-order valence-electron chi connectivity index (χ4n) is 6.36. The number of aliphatic hydroxyl groups excluding tert-OH is 2. The second kappa shape index (κ2) is 11.3. The molecule has 5 rings (SSSR count). The van der Waals surface area contributed by atoms with E-state index in [1.54, 1.807) is 5.38 Å². The molecular formula is C29H40FNO7S. The van der Waals surface area contributed by atoms with Crippen molar-refractivity contribution < 1.29 is 38.4 Å². The fraction of sp³-hybridized carbons (Fsp3) is 0.759. The smallest absolute Gasteiger partial charge is 0.309 e. The van der Waals surface area contributed by atoms with Crippen LogP contribution in [0.3, 0.4) is 0 Å². The number of nitrogens with zero attached hydrogens (tertiary/aromatic N) is 1. The van der Waals surface area contributed by atoms with Crippen LogP contribution >= 0.6 is 11.3 Å². The van der Waals surface area contributed by atoms with E-state index in [0.29, 0.717) is 44.4 Å². The number of fused-ring (bicyclic) bond motifs is 1. The van der Waals surface area contributed by atoms with E-state index in [4.69, 9.17) is 14.2 Å². The highest BCUT2D eigenvalue weighted by molar-refractivity contribution is 7.09. The van der Waals surface area contributed by atoms with Gasteiger partial charge in [-0.25, -0.2) is 9.37 Å². The Morgan fingerprint density at radius 3 is 2.62 bits per heavy atom. The molecule has 2 N–H and O–H groups in total. The molecule has 4 fully saturated rings. The number of hydrogen-bond acceptors (Lipinski definition) is 9. The summed E-state index contributed by atoms with van der Waals surface area (Å²) in [6.45, 7) is 6.31. The Morgan fingerprint density at radius 1 is 1.26 bits per heavy atom. The van der Waals surface area contributed by atoms with E-state index in [-0.39, 0.29) is 30.3 Å². The minimum absolute atomic E-state index is 0.0674. The minimum atomic E-state index is -1.28. The number of cyclic esters (lactones) is 1. The van der Waals surface area contributed by atoms with Crippen LogP contribution in [0.5, 0.6) is 0 Å². The van der Waals surface area contributed by atoms with Gasteiger partial charge in [0, 0.05) is 17.7 Å². The molecule has 2 unspecified atom stereocenters. The highest BCUT2D eigenvalue weighted by Gasteiger charge is 2.56. The lowest BCUT2D eigenvalue weighted by Gasteiger charge is -2.46. The Morgan fingerprint density at radius 2 is 2.00 bits per heavy atom. The number of halogens is 1. The molecule has 1 aliphatic carbocycles. The molecule has 3 saturated heterocycles. The molecule has 1 aromatic rings. The predicted octanol–water partition coefficient (Wildman–Crippen LogP) is 4.30. The van der Waals surface area contributed by atoms with Crippen LogP contribution in [-0.4, -0.2) is 69.7 Å². The van der Waals surface area contributed by atoms with Gasteiger partial charge >= 0.3 is 5.97 Å². The van der Waals surface area contributed by atoms with Crippen molar-refractivity contribution in [3.05, 3.63) is 21.9 Å². The minimum Gasteiger partial charge on any atom is -0.455 e. The highest BCUT2D eigenvalue weighted by atomic mass is 32.1. The zero-order valence-corrected chi connectivity index (χ0v) is 23.8. The quantitative estimate of drug-likeness (QED) is 0.410. The first-order valence-corrected chi connectivity index (χ1v) is 15.1. The number of rotatable bonds is 4. The summed E-state index contributed by atoms with van der Waals surface area (Å²) in [5.41, 5.74) is -1.14. The molecule has 4 heterocycles. The van der Waals surface area contributed by atoms with Gasteiger partial charge in [0.25, 0.3) is 0 Å². The van der Waals surface area contributed by atoms with Crippen molar-refractivity contribution in [2.24, 2.45) is 17.3 Å². The lowest BCUT2D eigenvalue weighted by molar-refractivity contribution is -0.162. The Hall–Kier alpha value is -1.72. The van der Waals surface area contributed by atoms with Crippen molar-refractivity contribution in [3.63, 3.8) is 0 Å². The molecule has 0 radical (unpaired) electrons. The lowest BCUT2D eigenvalue weighted by Crippen LogP contribution is -2.54. The van der Waals surface area contributed by atoms with Gasteiger partial charge in [0.2, 0.25) is 0 Å². The predicted molar refractivity (Wildman–Crippen MR) is 142 cm³/mol. The van der Waals surface area contributed by atoms with E-state index in [1.165, 1.54) is 17.4 Å². The second-order valence-electron chi connectivity index (χ2n) is 12.2. The van der Waals surface area contributed by atoms with Gasteiger partial charge in [0.15, 0.2) is 6.10 Å². The van der Waals surface area contributed by atoms with Crippen molar-refractivity contribution in [2.75, 3.05) is 6.61 Å². The molecule has 0 bridgehead atoms. The van der Waals surface area contributed by atoms with Crippen molar-refractivity contribution in [1.82, 2.24) is 4.98 Å². The first kappa shape index (κ1) is 28.8. The average Bonchev–Trinajstić information content (AvgIpc) is 3.74. The summed E-state index contributed by atoms with van der Waals surface area (Å²) in [6.07, 6.45) is 1.54. The first-order chi connectivity index (χ1) is 18.5. The van der Waals surface area contributed by atoms with Gasteiger partial charge in [0.05, 0.1) is 59.2 Å². The number of thiazole rings is 1. The van der Waals surface area contributed by atoms with Crippen molar-refractivity contribution in [1.29, 1.82) is 0 Å². The van der Waals surface area contributed by atoms with Crippen molar-refractivity contribution in [3.8, 4) is 0 Å². The van der Waals surface area contributed by atoms with Crippen molar-refractivity contribution >= 4 is 29.2 Å². The molecule has 1 aromatic heterocycles. The van der Waals surface area contributed by atoms with E-state index in [2.05, 4.69) is 4.98 Å². The molecule has 3 aliphatic heterocycles. The number of aryl methyl sites for hydroxylation is 1. The number of ether oxygens (including phenoxy) is 3. The third kappa shape index (κ3) is 6.30. The van der Waals surface area contributed by atoms with Crippen LogP contribution in [0, 0.1) is 24.2 Å². The topological polar surface area (TPSA) is 122 Å². The fourth-order valence-corrected chi connectivity index (χ4v) is 6.93. The zero-order chi connectivity index (χ0) is 27.9. The number of Topliss-reactive ketones (excluding diaryl/α,β-unsaturated/α-hetero) is 1. The van der Waals surface area contributed by atoms with Gasteiger partial charge in [-0.15, -0.1) is 11.3 Å². The number of carbonyl (C=O) groups excluding carboxylic acids is 2. The summed E-state index contributed by atoms with van der Waals surface area (Å²) in [6, 6.07) is 0. The second-order valence-corrected chi connectivity index (χ2v) is 13.3. The van der Waals surface area contributed by atoms with E-state index in [0.717, 1.165) is 17.8 Å².